The summed E-state index contributed by atoms with van der Waals surface area (Å²) in [7, 11) is -12.2. The molecule has 223 valence electrons. The molecule has 3 aromatic rings. The van der Waals surface area contributed by atoms with Crippen molar-refractivity contribution >= 4 is 53.3 Å². The molecule has 40 heavy (non-hydrogen) atoms. The fraction of sp³-hybridized carbons (Fsp3) is 0.250. The van der Waals surface area contributed by atoms with Crippen molar-refractivity contribution in [2.24, 2.45) is 10.2 Å². The summed E-state index contributed by atoms with van der Waals surface area (Å²) in [6, 6.07) is 5.63. The summed E-state index contributed by atoms with van der Waals surface area (Å²) < 4.78 is 97.5. The summed E-state index contributed by atoms with van der Waals surface area (Å²) in [5, 5.41) is 10.5. The predicted molar refractivity (Wildman–Crippen MR) is 137 cm³/mol. The summed E-state index contributed by atoms with van der Waals surface area (Å²) in [4.78, 5) is 12.4. The Bertz CT molecular complexity index is 1830. The first-order valence-corrected chi connectivity index (χ1v) is 15.3. The molecule has 3 N–H and O–H groups in total. The zero-order valence-corrected chi connectivity index (χ0v) is 24.8. The number of ether oxygens (including phenoxy) is 1. The Morgan fingerprint density at radius 1 is 1.00 bits per heavy atom. The zero-order chi connectivity index (χ0) is 29.3. The maximum absolute atomic E-state index is 13.1. The Morgan fingerprint density at radius 2 is 1.65 bits per heavy atom. The minimum Gasteiger partial charge on any atom is -0.494 e. The predicted octanol–water partition coefficient (Wildman–Crippen LogP) is 2.70. The molecule has 0 atom stereocenters. The van der Waals surface area contributed by atoms with Gasteiger partial charge in [0.15, 0.2) is 15.5 Å². The molecule has 0 spiro atoms. The molecule has 0 saturated carbocycles. The van der Waals surface area contributed by atoms with E-state index in [4.69, 9.17) is 20.9 Å². The first-order chi connectivity index (χ1) is 17.9. The number of hydrogen-bond donors (Lipinski definition) is 3. The Kier molecular flexibility index (Phi) is 10.5. The van der Waals surface area contributed by atoms with E-state index >= 15 is 0 Å². The van der Waals surface area contributed by atoms with Gasteiger partial charge < -0.3 is 4.74 Å². The monoisotopic (exact) mass is 687 g/mol. The molecule has 0 aliphatic rings. The van der Waals surface area contributed by atoms with E-state index in [-0.39, 0.29) is 61.1 Å². The Hall–Kier alpha value is -2.61. The van der Waals surface area contributed by atoms with Crippen LogP contribution in [0.2, 0.25) is 5.02 Å². The number of rotatable bonds is 10. The van der Waals surface area contributed by atoms with E-state index in [9.17, 15) is 34.6 Å². The third-order valence-electron chi connectivity index (χ3n) is 5.14. The van der Waals surface area contributed by atoms with Crippen molar-refractivity contribution in [1.82, 2.24) is 9.78 Å². The average Bonchev–Trinajstić information content (AvgIpc) is 3.08. The molecule has 1 aromatic heterocycles. The molecule has 15 nitrogen and oxygen atoms in total. The number of methoxy groups -OCH3 is 1. The third-order valence-corrected chi connectivity index (χ3v) is 8.40. The fourth-order valence-corrected chi connectivity index (χ4v) is 5.87. The van der Waals surface area contributed by atoms with Gasteiger partial charge in [-0.05, 0) is 49.7 Å². The number of H-pyrrole nitrogens is 1. The van der Waals surface area contributed by atoms with Crippen LogP contribution in [0.15, 0.2) is 55.1 Å². The quantitative estimate of drug-likeness (QED) is 0.160. The molecule has 0 unspecified atom stereocenters. The zero-order valence-electron chi connectivity index (χ0n) is 20.6. The van der Waals surface area contributed by atoms with E-state index in [0.717, 1.165) is 22.9 Å². The van der Waals surface area contributed by atoms with Gasteiger partial charge in [-0.3, -0.25) is 19.0 Å². The van der Waals surface area contributed by atoms with Crippen LogP contribution in [0.3, 0.4) is 0 Å². The van der Waals surface area contributed by atoms with Gasteiger partial charge in [0.2, 0.25) is 0 Å². The van der Waals surface area contributed by atoms with Crippen LogP contribution >= 0.6 is 11.6 Å². The van der Waals surface area contributed by atoms with Gasteiger partial charge >= 0.3 is 10.4 Å². The van der Waals surface area contributed by atoms with Gasteiger partial charge in [0.25, 0.3) is 15.7 Å². The van der Waals surface area contributed by atoms with Gasteiger partial charge in [-0.1, -0.05) is 11.6 Å². The van der Waals surface area contributed by atoms with Gasteiger partial charge in [-0.2, -0.15) is 16.8 Å². The number of hydrogen-bond acceptors (Lipinski definition) is 11. The molecule has 0 amide bonds. The van der Waals surface area contributed by atoms with Gasteiger partial charge in [-0.15, -0.1) is 10.2 Å². The minimum atomic E-state index is -4.83. The molecule has 0 aliphatic carbocycles. The maximum Gasteiger partial charge on any atom is 0.397 e. The summed E-state index contributed by atoms with van der Waals surface area (Å²) in [5.74, 6) is -0.687. The summed E-state index contributed by atoms with van der Waals surface area (Å²) in [6.07, 6.45) is 0. The van der Waals surface area contributed by atoms with Crippen LogP contribution in [0.1, 0.15) is 11.3 Å². The number of aromatic amines is 1. The number of nitrogens with one attached hydrogen (secondary N) is 1. The van der Waals surface area contributed by atoms with Gasteiger partial charge in [-0.25, -0.2) is 17.3 Å². The largest absolute Gasteiger partial charge is 0.494 e. The first kappa shape index (κ1) is 33.6. The molecule has 3 rings (SSSR count). The van der Waals surface area contributed by atoms with Crippen LogP contribution in [0.5, 0.6) is 5.75 Å². The van der Waals surface area contributed by atoms with E-state index in [1.54, 1.807) is 0 Å². The van der Waals surface area contributed by atoms with Crippen LogP contribution in [-0.4, -0.2) is 63.6 Å². The van der Waals surface area contributed by atoms with Crippen LogP contribution < -0.4 is 10.3 Å². The fourth-order valence-electron chi connectivity index (χ4n) is 3.36. The van der Waals surface area contributed by atoms with Crippen LogP contribution in [0.4, 0.5) is 11.4 Å². The van der Waals surface area contributed by atoms with E-state index < -0.39 is 53.2 Å². The van der Waals surface area contributed by atoms with Crippen LogP contribution in [0.25, 0.3) is 5.69 Å². The molecule has 20 heteroatoms. The van der Waals surface area contributed by atoms with Crippen molar-refractivity contribution in [3.63, 3.8) is 0 Å². The first-order valence-electron chi connectivity index (χ1n) is 10.5. The van der Waals surface area contributed by atoms with E-state index in [1.165, 1.54) is 33.1 Å². The Labute approximate surface area is 244 Å². The standard InChI is InChI=1S/C20H21ClN4O11S3.Cu/c1-11-8-14(38(29,30)31)9-15(21)19(11)25-20(26)18(12(2)24-25)23-22-16-10-13(4-5-17(16)35-3)37(27,28)7-6-36-39(32,33)34;/h4-5,8-10,24H,6-7H2,1-3H3,(H,29,30,31)(H,32,33,34);. The molecular formula is C20H21ClCuN4O11S3. The second kappa shape index (κ2) is 12.5. The smallest absolute Gasteiger partial charge is 0.397 e. The molecule has 1 heterocycles. The maximum atomic E-state index is 13.1. The summed E-state index contributed by atoms with van der Waals surface area (Å²) in [5.41, 5.74) is -0.459. The van der Waals surface area contributed by atoms with E-state index in [2.05, 4.69) is 19.5 Å². The number of sulfone groups is 1. The van der Waals surface area contributed by atoms with E-state index in [0.29, 0.717) is 0 Å². The molecular weight excluding hydrogens is 667 g/mol. The van der Waals surface area contributed by atoms with Gasteiger partial charge in [0, 0.05) is 17.1 Å². The van der Waals surface area contributed by atoms with Gasteiger partial charge in [0.05, 0.1) is 45.7 Å². The summed E-state index contributed by atoms with van der Waals surface area (Å²) >= 11 is 6.20. The van der Waals surface area contributed by atoms with Crippen molar-refractivity contribution < 1.29 is 60.3 Å². The average molecular weight is 689 g/mol. The number of aryl methyl sites for hydroxylation is 2. The molecule has 1 radical (unpaired) electrons. The number of azo groups is 1. The third kappa shape index (κ3) is 7.77. The van der Waals surface area contributed by atoms with Crippen molar-refractivity contribution in [3.05, 3.63) is 57.0 Å². The number of halogens is 1. The van der Waals surface area contributed by atoms with Crippen LogP contribution in [-0.2, 0) is 51.6 Å². The second-order valence-electron chi connectivity index (χ2n) is 7.87. The van der Waals surface area contributed by atoms with Crippen molar-refractivity contribution in [3.8, 4) is 11.4 Å². The van der Waals surface area contributed by atoms with E-state index in [1.807, 2.05) is 0 Å². The number of aromatic nitrogens is 2. The normalized spacial score (nSPS) is 12.4. The molecule has 0 aliphatic heterocycles. The second-order valence-corrected chi connectivity index (χ2v) is 12.9. The van der Waals surface area contributed by atoms with Crippen molar-refractivity contribution in [2.75, 3.05) is 19.5 Å². The summed E-state index contributed by atoms with van der Waals surface area (Å²) in [6.45, 7) is 2.13. The molecule has 2 aromatic carbocycles. The SMILES string of the molecule is COc1ccc(S(=O)(=O)CCOS(=O)(=O)O)cc1N=Nc1c(C)[nH]n(-c2c(C)cc(S(=O)(=O)O)cc2Cl)c1=O.[Cu]. The Balaban J connectivity index is 0.00000560. The van der Waals surface area contributed by atoms with Crippen LogP contribution in [0, 0.1) is 13.8 Å². The van der Waals surface area contributed by atoms with Gasteiger partial charge in [0.1, 0.15) is 11.4 Å². The molecule has 0 fully saturated rings. The molecule has 0 bridgehead atoms. The number of nitrogens with zero attached hydrogens (tertiary/aromatic N) is 3. The number of benzene rings is 2. The topological polar surface area (TPSA) is 224 Å². The van der Waals surface area contributed by atoms with Crippen molar-refractivity contribution in [1.29, 1.82) is 0 Å². The molecule has 0 saturated heterocycles. The minimum absolute atomic E-state index is 0. The van der Waals surface area contributed by atoms with Crippen molar-refractivity contribution in [2.45, 2.75) is 23.6 Å². The Morgan fingerprint density at radius 3 is 2.20 bits per heavy atom.